The molecule has 1 fully saturated rings. The van der Waals surface area contributed by atoms with Crippen LogP contribution in [0.4, 0.5) is 0 Å². The average molecular weight is 414 g/mol. The van der Waals surface area contributed by atoms with E-state index >= 15 is 0 Å². The van der Waals surface area contributed by atoms with E-state index in [0.29, 0.717) is 30.6 Å². The second kappa shape index (κ2) is 7.01. The molecule has 1 aromatic heterocycles. The van der Waals surface area contributed by atoms with Crippen molar-refractivity contribution in [2.75, 3.05) is 19.7 Å². The van der Waals surface area contributed by atoms with Gasteiger partial charge in [-0.15, -0.1) is 0 Å². The molecule has 4 rings (SSSR count). The maximum atomic E-state index is 12.9. The lowest BCUT2D eigenvalue weighted by Gasteiger charge is -2.32. The van der Waals surface area contributed by atoms with Gasteiger partial charge in [0.15, 0.2) is 5.69 Å². The zero-order valence-electron chi connectivity index (χ0n) is 13.8. The molecule has 1 amide bonds. The predicted octanol–water partition coefficient (Wildman–Crippen LogP) is 2.90. The highest BCUT2D eigenvalue weighted by Crippen LogP contribution is 2.24. The minimum absolute atomic E-state index is 0.0832. The third-order valence-electron chi connectivity index (χ3n) is 4.47. The molecule has 3 aromatic rings. The second-order valence-corrected chi connectivity index (χ2v) is 7.02. The second-order valence-electron chi connectivity index (χ2n) is 6.11. The number of rotatable bonds is 2. The predicted molar refractivity (Wildman–Crippen MR) is 101 cm³/mol. The standard InChI is InChI=1S/C19H16BrN3O3/c20-13-7-5-12(6-8-13)16-11-23(9-10-26-16)19(25)17-18(24)14-3-1-2-4-15(14)21-22-17/h1-8,16H,9-11H2,(H,21,24)/t16-/m1/s1. The molecule has 132 valence electrons. The molecule has 1 saturated heterocycles. The number of para-hydroxylation sites is 1. The van der Waals surface area contributed by atoms with Crippen molar-refractivity contribution in [3.05, 3.63) is 74.5 Å². The van der Waals surface area contributed by atoms with Crippen LogP contribution in [0.15, 0.2) is 57.8 Å². The van der Waals surface area contributed by atoms with Crippen LogP contribution in [-0.2, 0) is 4.74 Å². The average Bonchev–Trinajstić information content (AvgIpc) is 2.69. The number of benzene rings is 2. The van der Waals surface area contributed by atoms with E-state index in [1.165, 1.54) is 0 Å². The van der Waals surface area contributed by atoms with Crippen molar-refractivity contribution in [1.29, 1.82) is 0 Å². The molecular weight excluding hydrogens is 398 g/mol. The number of fused-ring (bicyclic) bond motifs is 1. The highest BCUT2D eigenvalue weighted by Gasteiger charge is 2.28. The maximum Gasteiger partial charge on any atom is 0.278 e. The lowest BCUT2D eigenvalue weighted by atomic mass is 10.1. The molecule has 0 radical (unpaired) electrons. The number of aromatic amines is 1. The summed E-state index contributed by atoms with van der Waals surface area (Å²) in [5, 5.41) is 7.27. The molecule has 0 spiro atoms. The van der Waals surface area contributed by atoms with Crippen LogP contribution in [0.5, 0.6) is 0 Å². The Bertz CT molecular complexity index is 1020. The fourth-order valence-corrected chi connectivity index (χ4v) is 3.34. The molecular formula is C19H16BrN3O3. The number of nitrogens with zero attached hydrogens (tertiary/aromatic N) is 2. The Morgan fingerprint density at radius 1 is 1.19 bits per heavy atom. The van der Waals surface area contributed by atoms with Gasteiger partial charge >= 0.3 is 0 Å². The zero-order chi connectivity index (χ0) is 18.1. The van der Waals surface area contributed by atoms with Gasteiger partial charge in [0.05, 0.1) is 18.7 Å². The quantitative estimate of drug-likeness (QED) is 0.700. The number of halogens is 1. The van der Waals surface area contributed by atoms with Gasteiger partial charge in [0.25, 0.3) is 5.91 Å². The van der Waals surface area contributed by atoms with Crippen LogP contribution < -0.4 is 5.43 Å². The first-order chi connectivity index (χ1) is 12.6. The first kappa shape index (κ1) is 16.9. The van der Waals surface area contributed by atoms with Crippen LogP contribution in [0, 0.1) is 0 Å². The molecule has 1 aliphatic rings. The van der Waals surface area contributed by atoms with E-state index in [4.69, 9.17) is 4.74 Å². The number of hydrogen-bond donors (Lipinski definition) is 1. The zero-order valence-corrected chi connectivity index (χ0v) is 15.4. The van der Waals surface area contributed by atoms with E-state index in [1.54, 1.807) is 23.1 Å². The first-order valence-electron chi connectivity index (χ1n) is 8.27. The van der Waals surface area contributed by atoms with E-state index in [0.717, 1.165) is 10.0 Å². The highest BCUT2D eigenvalue weighted by molar-refractivity contribution is 9.10. The van der Waals surface area contributed by atoms with Crippen molar-refractivity contribution >= 4 is 32.7 Å². The lowest BCUT2D eigenvalue weighted by Crippen LogP contribution is -2.44. The Kier molecular flexibility index (Phi) is 4.57. The summed E-state index contributed by atoms with van der Waals surface area (Å²) in [5.41, 5.74) is 1.17. The maximum absolute atomic E-state index is 12.9. The Labute approximate surface area is 157 Å². The summed E-state index contributed by atoms with van der Waals surface area (Å²) in [6, 6.07) is 14.8. The lowest BCUT2D eigenvalue weighted by molar-refractivity contribution is -0.0230. The molecule has 0 aliphatic carbocycles. The fraction of sp³-hybridized carbons (Fsp3) is 0.211. The Morgan fingerprint density at radius 3 is 2.77 bits per heavy atom. The van der Waals surface area contributed by atoms with Crippen molar-refractivity contribution in [1.82, 2.24) is 15.1 Å². The van der Waals surface area contributed by atoms with Crippen LogP contribution in [-0.4, -0.2) is 40.7 Å². The Hall–Kier alpha value is -2.51. The smallest absolute Gasteiger partial charge is 0.278 e. The first-order valence-corrected chi connectivity index (χ1v) is 9.06. The van der Waals surface area contributed by atoms with Crippen LogP contribution in [0.25, 0.3) is 10.9 Å². The number of amides is 1. The van der Waals surface area contributed by atoms with Crippen molar-refractivity contribution in [3.63, 3.8) is 0 Å². The van der Waals surface area contributed by atoms with Gasteiger partial charge in [0.1, 0.15) is 6.10 Å². The Balaban J connectivity index is 1.61. The van der Waals surface area contributed by atoms with Gasteiger partial charge in [-0.25, -0.2) is 0 Å². The van der Waals surface area contributed by atoms with Gasteiger partial charge in [-0.1, -0.05) is 40.2 Å². The number of morpholine rings is 1. The summed E-state index contributed by atoms with van der Waals surface area (Å²) in [5.74, 6) is -0.373. The number of ether oxygens (including phenoxy) is 1. The van der Waals surface area contributed by atoms with Gasteiger partial charge in [-0.2, -0.15) is 5.10 Å². The molecule has 1 atom stereocenters. The summed E-state index contributed by atoms with van der Waals surface area (Å²) in [7, 11) is 0. The fourth-order valence-electron chi connectivity index (χ4n) is 3.08. The van der Waals surface area contributed by atoms with E-state index in [1.807, 2.05) is 30.3 Å². The van der Waals surface area contributed by atoms with E-state index < -0.39 is 0 Å². The minimum atomic E-state index is -0.373. The SMILES string of the molecule is O=C(c1n[nH]c2ccccc2c1=O)N1CCO[C@@H](c2ccc(Br)cc2)C1. The van der Waals surface area contributed by atoms with Gasteiger partial charge < -0.3 is 9.64 Å². The third kappa shape index (κ3) is 3.15. The van der Waals surface area contributed by atoms with Gasteiger partial charge in [-0.3, -0.25) is 14.7 Å². The van der Waals surface area contributed by atoms with Crippen molar-refractivity contribution in [2.45, 2.75) is 6.10 Å². The van der Waals surface area contributed by atoms with Crippen molar-refractivity contribution in [2.24, 2.45) is 0 Å². The number of hydrogen-bond acceptors (Lipinski definition) is 4. The van der Waals surface area contributed by atoms with Gasteiger partial charge in [0.2, 0.25) is 5.43 Å². The van der Waals surface area contributed by atoms with Crippen molar-refractivity contribution < 1.29 is 9.53 Å². The van der Waals surface area contributed by atoms with E-state index in [9.17, 15) is 9.59 Å². The molecule has 26 heavy (non-hydrogen) atoms. The van der Waals surface area contributed by atoms with Gasteiger partial charge in [-0.05, 0) is 29.8 Å². The molecule has 0 unspecified atom stereocenters. The molecule has 0 saturated carbocycles. The summed E-state index contributed by atoms with van der Waals surface area (Å²) < 4.78 is 6.79. The summed E-state index contributed by atoms with van der Waals surface area (Å²) in [6.07, 6.45) is -0.222. The molecule has 1 N–H and O–H groups in total. The Morgan fingerprint density at radius 2 is 1.96 bits per heavy atom. The summed E-state index contributed by atoms with van der Waals surface area (Å²) >= 11 is 3.41. The van der Waals surface area contributed by atoms with Crippen LogP contribution >= 0.6 is 15.9 Å². The minimum Gasteiger partial charge on any atom is -0.370 e. The third-order valence-corrected chi connectivity index (χ3v) is 5.00. The van der Waals surface area contributed by atoms with Gasteiger partial charge in [0, 0.05) is 16.4 Å². The number of nitrogens with one attached hydrogen (secondary N) is 1. The normalized spacial score (nSPS) is 17.4. The monoisotopic (exact) mass is 413 g/mol. The van der Waals surface area contributed by atoms with Crippen molar-refractivity contribution in [3.8, 4) is 0 Å². The van der Waals surface area contributed by atoms with Crippen LogP contribution in [0.2, 0.25) is 0 Å². The van der Waals surface area contributed by atoms with Crippen LogP contribution in [0.3, 0.4) is 0 Å². The van der Waals surface area contributed by atoms with E-state index in [2.05, 4.69) is 26.1 Å². The molecule has 6 nitrogen and oxygen atoms in total. The number of H-pyrrole nitrogens is 1. The highest BCUT2D eigenvalue weighted by atomic mass is 79.9. The number of carbonyl (C=O) groups excluding carboxylic acids is 1. The molecule has 2 aromatic carbocycles. The number of carbonyl (C=O) groups is 1. The topological polar surface area (TPSA) is 75.3 Å². The molecule has 1 aliphatic heterocycles. The largest absolute Gasteiger partial charge is 0.370 e. The number of aromatic nitrogens is 2. The molecule has 7 heteroatoms. The summed E-state index contributed by atoms with van der Waals surface area (Å²) in [6.45, 7) is 1.23. The summed E-state index contributed by atoms with van der Waals surface area (Å²) in [4.78, 5) is 27.1. The van der Waals surface area contributed by atoms with E-state index in [-0.39, 0.29) is 23.1 Å². The van der Waals surface area contributed by atoms with Crippen LogP contribution in [0.1, 0.15) is 22.2 Å². The molecule has 0 bridgehead atoms. The molecule has 2 heterocycles.